The highest BCUT2D eigenvalue weighted by Crippen LogP contribution is 2.42. The molecule has 1 aromatic heterocycles. The van der Waals surface area contributed by atoms with Gasteiger partial charge in [0.25, 0.3) is 0 Å². The minimum atomic E-state index is -0.497. The predicted molar refractivity (Wildman–Crippen MR) is 111 cm³/mol. The molecule has 1 aromatic carbocycles. The van der Waals surface area contributed by atoms with Crippen LogP contribution in [0.3, 0.4) is 0 Å². The van der Waals surface area contributed by atoms with Crippen molar-refractivity contribution in [2.45, 2.75) is 52.6 Å². The fourth-order valence-electron chi connectivity index (χ4n) is 3.57. The number of ether oxygens (including phenoxy) is 2. The smallest absolute Gasteiger partial charge is 0.410 e. The van der Waals surface area contributed by atoms with Crippen LogP contribution in [0.1, 0.15) is 49.9 Å². The van der Waals surface area contributed by atoms with Crippen LogP contribution in [-0.4, -0.2) is 41.8 Å². The summed E-state index contributed by atoms with van der Waals surface area (Å²) in [5.41, 5.74) is 5.06. The lowest BCUT2D eigenvalue weighted by atomic mass is 9.88. The molecule has 0 N–H and O–H groups in total. The summed E-state index contributed by atoms with van der Waals surface area (Å²) in [6.07, 6.45) is 2.42. The van der Waals surface area contributed by atoms with Gasteiger partial charge < -0.3 is 14.4 Å². The number of fused-ring (bicyclic) bond motifs is 1. The van der Waals surface area contributed by atoms with Crippen LogP contribution in [0, 0.1) is 13.8 Å². The quantitative estimate of drug-likeness (QED) is 0.741. The number of pyridine rings is 1. The maximum Gasteiger partial charge on any atom is 0.410 e. The summed E-state index contributed by atoms with van der Waals surface area (Å²) in [5.74, 6) is 1.13. The second-order valence-corrected chi connectivity index (χ2v) is 8.49. The molecule has 0 fully saturated rings. The van der Waals surface area contributed by atoms with E-state index in [1.165, 1.54) is 0 Å². The molecule has 0 aliphatic carbocycles. The third kappa shape index (κ3) is 4.29. The van der Waals surface area contributed by atoms with Crippen LogP contribution in [0.15, 0.2) is 30.5 Å². The highest BCUT2D eigenvalue weighted by Gasteiger charge is 2.28. The lowest BCUT2D eigenvalue weighted by Crippen LogP contribution is -2.37. The van der Waals surface area contributed by atoms with Crippen molar-refractivity contribution in [2.75, 3.05) is 20.2 Å². The van der Waals surface area contributed by atoms with Crippen molar-refractivity contribution in [3.8, 4) is 16.9 Å². The Morgan fingerprint density at radius 3 is 2.71 bits per heavy atom. The fourth-order valence-corrected chi connectivity index (χ4v) is 3.57. The van der Waals surface area contributed by atoms with Crippen molar-refractivity contribution in [2.24, 2.45) is 0 Å². The van der Waals surface area contributed by atoms with Crippen LogP contribution in [0.5, 0.6) is 5.75 Å². The van der Waals surface area contributed by atoms with Gasteiger partial charge in [-0.15, -0.1) is 0 Å². The lowest BCUT2D eigenvalue weighted by Gasteiger charge is -2.32. The number of rotatable bonds is 3. The molecule has 0 bridgehead atoms. The predicted octanol–water partition coefficient (Wildman–Crippen LogP) is 5.10. The van der Waals surface area contributed by atoms with E-state index in [1.807, 2.05) is 40.0 Å². The Morgan fingerprint density at radius 1 is 1.25 bits per heavy atom. The van der Waals surface area contributed by atoms with Gasteiger partial charge in [-0.1, -0.05) is 18.2 Å². The van der Waals surface area contributed by atoms with Gasteiger partial charge >= 0.3 is 6.09 Å². The number of hydrogen-bond donors (Lipinski definition) is 0. The molecule has 1 aliphatic heterocycles. The molecule has 2 aromatic rings. The number of nitrogens with zero attached hydrogens (tertiary/aromatic N) is 2. The van der Waals surface area contributed by atoms with Gasteiger partial charge in [0.2, 0.25) is 0 Å². The summed E-state index contributed by atoms with van der Waals surface area (Å²) < 4.78 is 11.6. The molecule has 1 aliphatic rings. The number of benzene rings is 1. The maximum absolute atomic E-state index is 12.4. The van der Waals surface area contributed by atoms with Gasteiger partial charge in [-0.2, -0.15) is 0 Å². The first-order valence-corrected chi connectivity index (χ1v) is 9.80. The van der Waals surface area contributed by atoms with Crippen molar-refractivity contribution in [3.05, 3.63) is 47.3 Å². The first-order chi connectivity index (χ1) is 13.2. The lowest BCUT2D eigenvalue weighted by molar-refractivity contribution is 0.0281. The average molecular weight is 383 g/mol. The Hall–Kier alpha value is -2.56. The van der Waals surface area contributed by atoms with Crippen LogP contribution < -0.4 is 4.74 Å². The second-order valence-electron chi connectivity index (χ2n) is 8.49. The molecule has 3 rings (SSSR count). The summed E-state index contributed by atoms with van der Waals surface area (Å²) in [6.45, 7) is 11.0. The summed E-state index contributed by atoms with van der Waals surface area (Å²) in [7, 11) is 1.80. The van der Waals surface area contributed by atoms with Crippen LogP contribution in [0.25, 0.3) is 11.1 Å². The highest BCUT2D eigenvalue weighted by molar-refractivity contribution is 5.76. The first-order valence-electron chi connectivity index (χ1n) is 9.80. The van der Waals surface area contributed by atoms with E-state index in [9.17, 15) is 4.79 Å². The third-order valence-electron chi connectivity index (χ3n) is 5.14. The van der Waals surface area contributed by atoms with Crippen molar-refractivity contribution >= 4 is 6.09 Å². The number of aromatic nitrogens is 1. The van der Waals surface area contributed by atoms with E-state index < -0.39 is 5.60 Å². The van der Waals surface area contributed by atoms with E-state index in [2.05, 4.69) is 30.1 Å². The molecule has 28 heavy (non-hydrogen) atoms. The molecule has 0 unspecified atom stereocenters. The van der Waals surface area contributed by atoms with Crippen molar-refractivity contribution in [1.29, 1.82) is 0 Å². The molecule has 0 radical (unpaired) electrons. The van der Waals surface area contributed by atoms with Gasteiger partial charge in [-0.05, 0) is 63.8 Å². The normalized spacial score (nSPS) is 16.1. The number of amides is 1. The molecule has 1 amide bonds. The van der Waals surface area contributed by atoms with Gasteiger partial charge in [-0.3, -0.25) is 4.98 Å². The van der Waals surface area contributed by atoms with Gasteiger partial charge in [0.15, 0.2) is 0 Å². The summed E-state index contributed by atoms with van der Waals surface area (Å²) in [5, 5.41) is 0. The van der Waals surface area contributed by atoms with Gasteiger partial charge in [0, 0.05) is 37.0 Å². The molecule has 5 nitrogen and oxygen atoms in total. The Labute approximate surface area is 167 Å². The number of hydrogen-bond acceptors (Lipinski definition) is 4. The van der Waals surface area contributed by atoms with E-state index in [-0.39, 0.29) is 12.0 Å². The Bertz CT molecular complexity index is 871. The topological polar surface area (TPSA) is 51.7 Å². The average Bonchev–Trinajstić information content (AvgIpc) is 2.62. The zero-order valence-electron chi connectivity index (χ0n) is 17.7. The van der Waals surface area contributed by atoms with Gasteiger partial charge in [0.1, 0.15) is 11.4 Å². The third-order valence-corrected chi connectivity index (χ3v) is 5.14. The summed E-state index contributed by atoms with van der Waals surface area (Å²) in [4.78, 5) is 18.4. The maximum atomic E-state index is 12.4. The van der Waals surface area contributed by atoms with E-state index in [1.54, 1.807) is 11.9 Å². The molecule has 2 heterocycles. The number of likely N-dealkylation sites (N-methyl/N-ethyl adjacent to an activating group) is 1. The van der Waals surface area contributed by atoms with Crippen molar-refractivity contribution in [3.63, 3.8) is 0 Å². The monoisotopic (exact) mass is 382 g/mol. The highest BCUT2D eigenvalue weighted by atomic mass is 16.6. The Kier molecular flexibility index (Phi) is 5.64. The van der Waals surface area contributed by atoms with E-state index >= 15 is 0 Å². The minimum absolute atomic E-state index is 0.212. The molecule has 0 saturated heterocycles. The van der Waals surface area contributed by atoms with Crippen LogP contribution >= 0.6 is 0 Å². The first kappa shape index (κ1) is 20.2. The number of para-hydroxylation sites is 1. The molecule has 0 saturated carbocycles. The van der Waals surface area contributed by atoms with Crippen molar-refractivity contribution < 1.29 is 14.3 Å². The largest absolute Gasteiger partial charge is 0.493 e. The SMILES string of the molecule is Cc1nccc(-c2cccc3c2OCC[C@H]3CN(C)C(=O)OC(C)(C)C)c1C. The zero-order valence-corrected chi connectivity index (χ0v) is 17.7. The Balaban J connectivity index is 1.89. The number of carbonyl (C=O) groups is 1. The number of aryl methyl sites for hydroxylation is 1. The molecular weight excluding hydrogens is 352 g/mol. The standard InChI is InChI=1S/C23H30N2O3/c1-15-16(2)24-12-10-18(15)20-9-7-8-19-17(11-13-27-21(19)20)14-25(6)22(26)28-23(3,4)5/h7-10,12,17H,11,13-14H2,1-6H3/t17-/m0/s1. The number of carbonyl (C=O) groups excluding carboxylic acids is 1. The minimum Gasteiger partial charge on any atom is -0.493 e. The zero-order chi connectivity index (χ0) is 20.5. The summed E-state index contributed by atoms with van der Waals surface area (Å²) >= 11 is 0. The second kappa shape index (κ2) is 7.82. The van der Waals surface area contributed by atoms with E-state index in [0.29, 0.717) is 13.2 Å². The summed E-state index contributed by atoms with van der Waals surface area (Å²) in [6, 6.07) is 8.31. The van der Waals surface area contributed by atoms with E-state index in [4.69, 9.17) is 9.47 Å². The molecule has 150 valence electrons. The van der Waals surface area contributed by atoms with Gasteiger partial charge in [-0.25, -0.2) is 4.79 Å². The molecule has 0 spiro atoms. The van der Waals surface area contributed by atoms with E-state index in [0.717, 1.165) is 40.1 Å². The van der Waals surface area contributed by atoms with Gasteiger partial charge in [0.05, 0.1) is 6.61 Å². The molecule has 1 atom stereocenters. The van der Waals surface area contributed by atoms with Crippen LogP contribution in [-0.2, 0) is 4.74 Å². The molecular formula is C23H30N2O3. The fraction of sp³-hybridized carbons (Fsp3) is 0.478. The van der Waals surface area contributed by atoms with Crippen LogP contribution in [0.2, 0.25) is 0 Å². The Morgan fingerprint density at radius 2 is 2.00 bits per heavy atom. The van der Waals surface area contributed by atoms with Crippen molar-refractivity contribution in [1.82, 2.24) is 9.88 Å². The molecule has 5 heteroatoms. The van der Waals surface area contributed by atoms with Crippen LogP contribution in [0.4, 0.5) is 4.79 Å².